The summed E-state index contributed by atoms with van der Waals surface area (Å²) in [5.74, 6) is -0.528. The predicted molar refractivity (Wildman–Crippen MR) is 161 cm³/mol. The molecule has 0 spiro atoms. The van der Waals surface area contributed by atoms with E-state index in [4.69, 9.17) is 4.74 Å². The van der Waals surface area contributed by atoms with E-state index in [-0.39, 0.29) is 24.3 Å². The van der Waals surface area contributed by atoms with Gasteiger partial charge in [-0.15, -0.1) is 0 Å². The summed E-state index contributed by atoms with van der Waals surface area (Å²) >= 11 is 0. The quantitative estimate of drug-likeness (QED) is 0.301. The molecule has 0 heterocycles. The minimum absolute atomic E-state index is 0.0334. The number of unbranched alkanes of at least 4 members (excludes halogenated alkanes) is 1. The Morgan fingerprint density at radius 2 is 1.62 bits per heavy atom. The van der Waals surface area contributed by atoms with Gasteiger partial charge >= 0.3 is 6.09 Å². The molecule has 2 N–H and O–H groups in total. The Bertz CT molecular complexity index is 1110. The third kappa shape index (κ3) is 10.3. The van der Waals surface area contributed by atoms with Crippen molar-refractivity contribution in [2.45, 2.75) is 111 Å². The van der Waals surface area contributed by atoms with E-state index in [0.717, 1.165) is 47.9 Å². The lowest BCUT2D eigenvalue weighted by Gasteiger charge is -2.36. The van der Waals surface area contributed by atoms with Crippen LogP contribution in [0.5, 0.6) is 0 Å². The summed E-state index contributed by atoms with van der Waals surface area (Å²) < 4.78 is 5.52. The first-order valence-corrected chi connectivity index (χ1v) is 14.6. The maximum atomic E-state index is 14.4. The van der Waals surface area contributed by atoms with Gasteiger partial charge < -0.3 is 20.3 Å². The van der Waals surface area contributed by atoms with Crippen LogP contribution in [0.3, 0.4) is 0 Å². The number of rotatable bonds is 13. The Morgan fingerprint density at radius 1 is 0.950 bits per heavy atom. The molecule has 0 saturated heterocycles. The molecular weight excluding hydrogens is 502 g/mol. The van der Waals surface area contributed by atoms with Gasteiger partial charge in [0.25, 0.3) is 0 Å². The zero-order valence-electron chi connectivity index (χ0n) is 25.7. The summed E-state index contributed by atoms with van der Waals surface area (Å²) in [6.07, 6.45) is 2.95. The van der Waals surface area contributed by atoms with Crippen LogP contribution < -0.4 is 10.6 Å². The number of nitrogens with one attached hydrogen (secondary N) is 2. The van der Waals surface area contributed by atoms with Gasteiger partial charge in [-0.1, -0.05) is 80.8 Å². The zero-order valence-corrected chi connectivity index (χ0v) is 25.7. The van der Waals surface area contributed by atoms with E-state index in [0.29, 0.717) is 6.54 Å². The van der Waals surface area contributed by atoms with Crippen LogP contribution in [0.1, 0.15) is 95.5 Å². The van der Waals surface area contributed by atoms with Crippen LogP contribution in [0.2, 0.25) is 0 Å². The number of carbonyl (C=O) groups excluding carboxylic acids is 3. The molecule has 0 radical (unpaired) electrons. The van der Waals surface area contributed by atoms with E-state index < -0.39 is 23.8 Å². The Kier molecular flexibility index (Phi) is 12.7. The maximum Gasteiger partial charge on any atom is 0.408 e. The minimum Gasteiger partial charge on any atom is -0.444 e. The third-order valence-electron chi connectivity index (χ3n) is 6.70. The molecule has 220 valence electrons. The van der Waals surface area contributed by atoms with Crippen LogP contribution >= 0.6 is 0 Å². The molecule has 0 fully saturated rings. The first kappa shape index (κ1) is 32.9. The van der Waals surface area contributed by atoms with E-state index in [9.17, 15) is 14.4 Å². The van der Waals surface area contributed by atoms with Crippen LogP contribution in [0.4, 0.5) is 4.79 Å². The van der Waals surface area contributed by atoms with E-state index in [2.05, 4.69) is 24.5 Å². The second-order valence-corrected chi connectivity index (χ2v) is 11.7. The topological polar surface area (TPSA) is 87.7 Å². The molecule has 3 unspecified atom stereocenters. The fraction of sp³-hybridized carbons (Fsp3) is 0.545. The van der Waals surface area contributed by atoms with E-state index >= 15 is 0 Å². The average Bonchev–Trinajstić information content (AvgIpc) is 2.86. The highest BCUT2D eigenvalue weighted by molar-refractivity contribution is 5.92. The lowest BCUT2D eigenvalue weighted by Crippen LogP contribution is -2.54. The molecule has 2 aromatic rings. The second kappa shape index (κ2) is 15.4. The SMILES string of the molecule is CCCCN(C(=O)C(Cc1ccccc1)NC(=O)OC(C)(C)C)C(C(=O)NC(C)CCC)c1ccc(C)cc1C. The number of benzene rings is 2. The van der Waals surface area contributed by atoms with Crippen LogP contribution in [0.25, 0.3) is 0 Å². The van der Waals surface area contributed by atoms with Gasteiger partial charge in [0.15, 0.2) is 0 Å². The van der Waals surface area contributed by atoms with E-state index in [1.54, 1.807) is 25.7 Å². The van der Waals surface area contributed by atoms with Crippen molar-refractivity contribution in [1.82, 2.24) is 15.5 Å². The fourth-order valence-corrected chi connectivity index (χ4v) is 4.80. The Morgan fingerprint density at radius 3 is 2.20 bits per heavy atom. The number of hydrogen-bond acceptors (Lipinski definition) is 4. The molecule has 0 aliphatic rings. The predicted octanol–water partition coefficient (Wildman–Crippen LogP) is 6.41. The largest absolute Gasteiger partial charge is 0.444 e. The lowest BCUT2D eigenvalue weighted by atomic mass is 9.95. The lowest BCUT2D eigenvalue weighted by molar-refractivity contribution is -0.142. The molecule has 0 saturated carbocycles. The minimum atomic E-state index is -0.914. The number of carbonyl (C=O) groups is 3. The van der Waals surface area contributed by atoms with Gasteiger partial charge in [0, 0.05) is 19.0 Å². The molecule has 7 nitrogen and oxygen atoms in total. The van der Waals surface area contributed by atoms with Gasteiger partial charge in [-0.3, -0.25) is 9.59 Å². The van der Waals surface area contributed by atoms with Crippen LogP contribution in [-0.2, 0) is 20.7 Å². The van der Waals surface area contributed by atoms with Crippen LogP contribution in [-0.4, -0.2) is 47.0 Å². The Hall–Kier alpha value is -3.35. The molecule has 0 aromatic heterocycles. The maximum absolute atomic E-state index is 14.4. The van der Waals surface area contributed by atoms with Crippen molar-refractivity contribution in [3.63, 3.8) is 0 Å². The van der Waals surface area contributed by atoms with Crippen LogP contribution in [0, 0.1) is 13.8 Å². The monoisotopic (exact) mass is 551 g/mol. The van der Waals surface area contributed by atoms with Crippen molar-refractivity contribution in [3.05, 3.63) is 70.8 Å². The zero-order chi connectivity index (χ0) is 29.9. The molecule has 7 heteroatoms. The van der Waals surface area contributed by atoms with E-state index in [1.165, 1.54) is 0 Å². The normalized spacial score (nSPS) is 13.6. The van der Waals surface area contributed by atoms with Crippen molar-refractivity contribution in [2.24, 2.45) is 0 Å². The van der Waals surface area contributed by atoms with Gasteiger partial charge in [0.2, 0.25) is 11.8 Å². The second-order valence-electron chi connectivity index (χ2n) is 11.7. The van der Waals surface area contributed by atoms with Gasteiger partial charge in [0.05, 0.1) is 0 Å². The number of ether oxygens (including phenoxy) is 1. The van der Waals surface area contributed by atoms with Gasteiger partial charge in [-0.2, -0.15) is 0 Å². The van der Waals surface area contributed by atoms with Crippen molar-refractivity contribution in [1.29, 1.82) is 0 Å². The van der Waals surface area contributed by atoms with Gasteiger partial charge in [0.1, 0.15) is 17.7 Å². The molecule has 0 aliphatic carbocycles. The number of amides is 3. The highest BCUT2D eigenvalue weighted by atomic mass is 16.6. The standard InChI is InChI=1S/C33H49N3O4/c1-9-11-20-36(29(30(37)34-25(5)15-10-2)27-19-18-23(3)21-24(27)4)31(38)28(22-26-16-13-12-14-17-26)35-32(39)40-33(6,7)8/h12-14,16-19,21,25,28-29H,9-11,15,20,22H2,1-8H3,(H,34,37)(H,35,39). The van der Waals surface area contributed by atoms with Gasteiger partial charge in [-0.25, -0.2) is 4.79 Å². The summed E-state index contributed by atoms with van der Waals surface area (Å²) in [6.45, 7) is 15.8. The Balaban J connectivity index is 2.58. The number of alkyl carbamates (subject to hydrolysis) is 1. The molecule has 3 atom stereocenters. The Labute approximate surface area is 241 Å². The number of nitrogens with zero attached hydrogens (tertiary/aromatic N) is 1. The van der Waals surface area contributed by atoms with Gasteiger partial charge in [-0.05, 0) is 71.1 Å². The summed E-state index contributed by atoms with van der Waals surface area (Å²) in [4.78, 5) is 42.9. The fourth-order valence-electron chi connectivity index (χ4n) is 4.80. The summed E-state index contributed by atoms with van der Waals surface area (Å²) in [5.41, 5.74) is 2.99. The molecule has 3 amide bonds. The van der Waals surface area contributed by atoms with Crippen molar-refractivity contribution >= 4 is 17.9 Å². The molecular formula is C33H49N3O4. The molecule has 0 aliphatic heterocycles. The third-order valence-corrected chi connectivity index (χ3v) is 6.70. The smallest absolute Gasteiger partial charge is 0.408 e. The highest BCUT2D eigenvalue weighted by Gasteiger charge is 2.37. The number of hydrogen-bond donors (Lipinski definition) is 2. The first-order chi connectivity index (χ1) is 18.9. The molecule has 0 bridgehead atoms. The summed E-state index contributed by atoms with van der Waals surface area (Å²) in [5, 5.41) is 5.97. The molecule has 2 aromatic carbocycles. The molecule has 2 rings (SSSR count). The number of aryl methyl sites for hydroxylation is 2. The van der Waals surface area contributed by atoms with Crippen molar-refractivity contribution in [2.75, 3.05) is 6.54 Å². The van der Waals surface area contributed by atoms with Crippen LogP contribution in [0.15, 0.2) is 48.5 Å². The first-order valence-electron chi connectivity index (χ1n) is 14.6. The summed E-state index contributed by atoms with van der Waals surface area (Å²) in [7, 11) is 0. The van der Waals surface area contributed by atoms with Crippen molar-refractivity contribution < 1.29 is 19.1 Å². The van der Waals surface area contributed by atoms with E-state index in [1.807, 2.05) is 69.3 Å². The summed E-state index contributed by atoms with van der Waals surface area (Å²) in [6, 6.07) is 13.7. The van der Waals surface area contributed by atoms with Crippen molar-refractivity contribution in [3.8, 4) is 0 Å². The highest BCUT2D eigenvalue weighted by Crippen LogP contribution is 2.28. The average molecular weight is 552 g/mol. The molecule has 40 heavy (non-hydrogen) atoms.